The first-order valence-corrected chi connectivity index (χ1v) is 6.39. The number of benzene rings is 1. The molecule has 0 aromatic heterocycles. The van der Waals surface area contributed by atoms with E-state index in [9.17, 15) is 0 Å². The molecule has 1 aliphatic rings. The summed E-state index contributed by atoms with van der Waals surface area (Å²) in [7, 11) is 1.67. The van der Waals surface area contributed by atoms with Gasteiger partial charge in [0.1, 0.15) is 11.5 Å². The van der Waals surface area contributed by atoms with E-state index in [-0.39, 0.29) is 0 Å². The summed E-state index contributed by atoms with van der Waals surface area (Å²) in [5.74, 6) is 1.73. The number of methoxy groups -OCH3 is 1. The third-order valence-corrected chi connectivity index (χ3v) is 3.19. The highest BCUT2D eigenvalue weighted by Gasteiger charge is 2.11. The Morgan fingerprint density at radius 1 is 1.29 bits per heavy atom. The van der Waals surface area contributed by atoms with Crippen molar-refractivity contribution < 1.29 is 9.47 Å². The molecular formula is C14H21NO2. The Hall–Kier alpha value is -1.22. The standard InChI is InChI=1S/C14H21NO2/c1-16-13-6-4-7-14(11-13)17-10-8-12-5-2-3-9-15-12/h4,6-7,11-12,15H,2-3,5,8-10H2,1H3/t12-/m1/s1. The van der Waals surface area contributed by atoms with Crippen molar-refractivity contribution in [3.8, 4) is 11.5 Å². The third-order valence-electron chi connectivity index (χ3n) is 3.19. The maximum absolute atomic E-state index is 5.73. The van der Waals surface area contributed by atoms with Crippen molar-refractivity contribution >= 4 is 0 Å². The van der Waals surface area contributed by atoms with Crippen LogP contribution in [0.2, 0.25) is 0 Å². The molecule has 3 heteroatoms. The second-order valence-electron chi connectivity index (χ2n) is 4.46. The number of hydrogen-bond donors (Lipinski definition) is 1. The molecule has 0 bridgehead atoms. The molecule has 0 radical (unpaired) electrons. The van der Waals surface area contributed by atoms with Crippen LogP contribution in [-0.2, 0) is 0 Å². The van der Waals surface area contributed by atoms with Crippen molar-refractivity contribution in [2.75, 3.05) is 20.3 Å². The molecular weight excluding hydrogens is 214 g/mol. The highest BCUT2D eigenvalue weighted by molar-refractivity contribution is 5.32. The number of ether oxygens (including phenoxy) is 2. The molecule has 0 amide bonds. The molecule has 94 valence electrons. The molecule has 1 aromatic rings. The lowest BCUT2D eigenvalue weighted by molar-refractivity contribution is 0.267. The highest BCUT2D eigenvalue weighted by Crippen LogP contribution is 2.19. The minimum absolute atomic E-state index is 0.634. The summed E-state index contributed by atoms with van der Waals surface area (Å²) in [5, 5.41) is 3.52. The molecule has 1 aromatic carbocycles. The van der Waals surface area contributed by atoms with Gasteiger partial charge in [-0.3, -0.25) is 0 Å². The second-order valence-corrected chi connectivity index (χ2v) is 4.46. The van der Waals surface area contributed by atoms with E-state index in [0.717, 1.165) is 31.1 Å². The van der Waals surface area contributed by atoms with Gasteiger partial charge in [0.2, 0.25) is 0 Å². The monoisotopic (exact) mass is 235 g/mol. The maximum Gasteiger partial charge on any atom is 0.122 e. The Morgan fingerprint density at radius 2 is 2.18 bits per heavy atom. The van der Waals surface area contributed by atoms with Gasteiger partial charge >= 0.3 is 0 Å². The lowest BCUT2D eigenvalue weighted by Crippen LogP contribution is -2.35. The third kappa shape index (κ3) is 3.93. The quantitative estimate of drug-likeness (QED) is 0.851. The number of hydrogen-bond acceptors (Lipinski definition) is 3. The van der Waals surface area contributed by atoms with Gasteiger partial charge in [-0.1, -0.05) is 12.5 Å². The second kappa shape index (κ2) is 6.50. The number of piperidine rings is 1. The minimum atomic E-state index is 0.634. The fourth-order valence-corrected chi connectivity index (χ4v) is 2.18. The number of nitrogens with one attached hydrogen (secondary N) is 1. The summed E-state index contributed by atoms with van der Waals surface area (Å²) in [6.45, 7) is 1.93. The van der Waals surface area contributed by atoms with Gasteiger partial charge in [-0.05, 0) is 37.9 Å². The summed E-state index contributed by atoms with van der Waals surface area (Å²) in [4.78, 5) is 0. The maximum atomic E-state index is 5.73. The van der Waals surface area contributed by atoms with E-state index in [1.165, 1.54) is 19.3 Å². The van der Waals surface area contributed by atoms with Gasteiger partial charge in [0.05, 0.1) is 13.7 Å². The molecule has 0 saturated carbocycles. The molecule has 2 rings (SSSR count). The predicted octanol–water partition coefficient (Wildman–Crippen LogP) is 2.61. The Labute approximate surface area is 103 Å². The molecule has 1 aliphatic heterocycles. The zero-order valence-corrected chi connectivity index (χ0v) is 10.4. The van der Waals surface area contributed by atoms with Crippen molar-refractivity contribution in [2.45, 2.75) is 31.7 Å². The van der Waals surface area contributed by atoms with Crippen LogP contribution in [-0.4, -0.2) is 26.3 Å². The molecule has 1 atom stereocenters. The molecule has 0 aliphatic carbocycles. The Morgan fingerprint density at radius 3 is 2.94 bits per heavy atom. The lowest BCUT2D eigenvalue weighted by Gasteiger charge is -2.23. The first-order valence-electron chi connectivity index (χ1n) is 6.39. The first kappa shape index (κ1) is 12.2. The van der Waals surface area contributed by atoms with Gasteiger partial charge in [0, 0.05) is 12.1 Å². The van der Waals surface area contributed by atoms with Crippen molar-refractivity contribution in [3.05, 3.63) is 24.3 Å². The Balaban J connectivity index is 1.73. The van der Waals surface area contributed by atoms with Crippen molar-refractivity contribution in [1.29, 1.82) is 0 Å². The van der Waals surface area contributed by atoms with Crippen LogP contribution in [0.1, 0.15) is 25.7 Å². The van der Waals surface area contributed by atoms with Crippen LogP contribution in [0.15, 0.2) is 24.3 Å². The average Bonchev–Trinajstić information content (AvgIpc) is 2.40. The fraction of sp³-hybridized carbons (Fsp3) is 0.571. The van der Waals surface area contributed by atoms with Crippen LogP contribution in [0.5, 0.6) is 11.5 Å². The van der Waals surface area contributed by atoms with E-state index < -0.39 is 0 Å². The lowest BCUT2D eigenvalue weighted by atomic mass is 10.0. The van der Waals surface area contributed by atoms with Crippen molar-refractivity contribution in [1.82, 2.24) is 5.32 Å². The largest absolute Gasteiger partial charge is 0.497 e. The molecule has 1 fully saturated rings. The average molecular weight is 235 g/mol. The van der Waals surface area contributed by atoms with Crippen molar-refractivity contribution in [3.63, 3.8) is 0 Å². The van der Waals surface area contributed by atoms with Gasteiger partial charge in [-0.15, -0.1) is 0 Å². The molecule has 1 saturated heterocycles. The predicted molar refractivity (Wildman–Crippen MR) is 68.7 cm³/mol. The van der Waals surface area contributed by atoms with Crippen LogP contribution < -0.4 is 14.8 Å². The van der Waals surface area contributed by atoms with E-state index in [0.29, 0.717) is 6.04 Å². The van der Waals surface area contributed by atoms with E-state index >= 15 is 0 Å². The summed E-state index contributed by atoms with van der Waals surface area (Å²) < 4.78 is 10.9. The van der Waals surface area contributed by atoms with E-state index in [1.54, 1.807) is 7.11 Å². The van der Waals surface area contributed by atoms with Crippen LogP contribution in [0, 0.1) is 0 Å². The molecule has 1 heterocycles. The SMILES string of the molecule is COc1cccc(OCC[C@H]2CCCCN2)c1. The highest BCUT2D eigenvalue weighted by atomic mass is 16.5. The van der Waals surface area contributed by atoms with Crippen LogP contribution in [0.3, 0.4) is 0 Å². The summed E-state index contributed by atoms with van der Waals surface area (Å²) in [6, 6.07) is 8.41. The van der Waals surface area contributed by atoms with Crippen LogP contribution in [0.4, 0.5) is 0 Å². The summed E-state index contributed by atoms with van der Waals surface area (Å²) in [6.07, 6.45) is 5.02. The van der Waals surface area contributed by atoms with Crippen LogP contribution >= 0.6 is 0 Å². The minimum Gasteiger partial charge on any atom is -0.497 e. The van der Waals surface area contributed by atoms with E-state index in [4.69, 9.17) is 9.47 Å². The molecule has 17 heavy (non-hydrogen) atoms. The van der Waals surface area contributed by atoms with Crippen molar-refractivity contribution in [2.24, 2.45) is 0 Å². The molecule has 0 unspecified atom stereocenters. The zero-order chi connectivity index (χ0) is 11.9. The Kier molecular flexibility index (Phi) is 4.68. The normalized spacial score (nSPS) is 19.9. The van der Waals surface area contributed by atoms with Gasteiger partial charge < -0.3 is 14.8 Å². The summed E-state index contributed by atoms with van der Waals surface area (Å²) in [5.41, 5.74) is 0. The number of rotatable bonds is 5. The van der Waals surface area contributed by atoms with Gasteiger partial charge in [0.25, 0.3) is 0 Å². The van der Waals surface area contributed by atoms with Gasteiger partial charge in [-0.25, -0.2) is 0 Å². The zero-order valence-electron chi connectivity index (χ0n) is 10.4. The summed E-state index contributed by atoms with van der Waals surface area (Å²) >= 11 is 0. The van der Waals surface area contributed by atoms with Gasteiger partial charge in [-0.2, -0.15) is 0 Å². The van der Waals surface area contributed by atoms with Crippen LogP contribution in [0.25, 0.3) is 0 Å². The fourth-order valence-electron chi connectivity index (χ4n) is 2.18. The van der Waals surface area contributed by atoms with E-state index in [1.807, 2.05) is 24.3 Å². The molecule has 3 nitrogen and oxygen atoms in total. The topological polar surface area (TPSA) is 30.5 Å². The first-order chi connectivity index (χ1) is 8.38. The molecule has 0 spiro atoms. The smallest absolute Gasteiger partial charge is 0.122 e. The van der Waals surface area contributed by atoms with Gasteiger partial charge in [0.15, 0.2) is 0 Å². The Bertz CT molecular complexity index is 335. The molecule has 1 N–H and O–H groups in total. The van der Waals surface area contributed by atoms with E-state index in [2.05, 4.69) is 5.32 Å².